The van der Waals surface area contributed by atoms with Gasteiger partial charge in [0.1, 0.15) is 5.04 Å². The Kier molecular flexibility index (Phi) is 4.61. The average Bonchev–Trinajstić information content (AvgIpc) is 2.47. The Bertz CT molecular complexity index is 453. The van der Waals surface area contributed by atoms with E-state index in [2.05, 4.69) is 10.2 Å². The minimum atomic E-state index is -2.39. The number of hydrogen-bond donors (Lipinski definition) is 0. The predicted molar refractivity (Wildman–Crippen MR) is 66.4 cm³/mol. The monoisotopic (exact) mass is 308 g/mol. The summed E-state index contributed by atoms with van der Waals surface area (Å²) in [5.74, 6) is 0. The SMILES string of the molecule is CCCC1=NN=C(C(Cl)(Cl)Cl)S1=S(=O)=O. The van der Waals surface area contributed by atoms with Crippen molar-refractivity contribution < 1.29 is 8.42 Å². The Hall–Kier alpha value is 0.380. The number of nitrogens with zero attached hydrogens (tertiary/aromatic N) is 2. The Morgan fingerprint density at radius 2 is 1.93 bits per heavy atom. The molecule has 0 aromatic heterocycles. The first kappa shape index (κ1) is 13.4. The molecule has 0 N–H and O–H groups in total. The van der Waals surface area contributed by atoms with Crippen molar-refractivity contribution in [2.45, 2.75) is 23.6 Å². The van der Waals surface area contributed by atoms with Crippen LogP contribution in [-0.4, -0.2) is 22.3 Å². The molecule has 0 aromatic carbocycles. The van der Waals surface area contributed by atoms with E-state index in [9.17, 15) is 8.42 Å². The van der Waals surface area contributed by atoms with Gasteiger partial charge in [-0.1, -0.05) is 41.7 Å². The van der Waals surface area contributed by atoms with E-state index >= 15 is 0 Å². The van der Waals surface area contributed by atoms with Gasteiger partial charge in [-0.15, -0.1) is 10.2 Å². The number of halogens is 3. The lowest BCUT2D eigenvalue weighted by Crippen LogP contribution is -2.25. The average molecular weight is 310 g/mol. The second-order valence-electron chi connectivity index (χ2n) is 2.62. The van der Waals surface area contributed by atoms with Crippen molar-refractivity contribution in [2.75, 3.05) is 0 Å². The molecule has 1 atom stereocenters. The molecule has 0 amide bonds. The molecule has 1 aliphatic rings. The van der Waals surface area contributed by atoms with Crippen molar-refractivity contribution >= 4 is 63.6 Å². The zero-order valence-electron chi connectivity index (χ0n) is 7.58. The van der Waals surface area contributed by atoms with Gasteiger partial charge in [-0.05, 0) is 12.8 Å². The summed E-state index contributed by atoms with van der Waals surface area (Å²) >= 11 is 16.8. The zero-order chi connectivity index (χ0) is 11.6. The van der Waals surface area contributed by atoms with Gasteiger partial charge in [-0.2, -0.15) is 8.42 Å². The maximum Gasteiger partial charge on any atom is 0.252 e. The topological polar surface area (TPSA) is 58.9 Å². The molecule has 15 heavy (non-hydrogen) atoms. The molecule has 0 saturated carbocycles. The zero-order valence-corrected chi connectivity index (χ0v) is 11.5. The summed E-state index contributed by atoms with van der Waals surface area (Å²) in [7, 11) is -3.69. The quantitative estimate of drug-likeness (QED) is 0.735. The first-order valence-corrected chi connectivity index (χ1v) is 7.88. The first-order chi connectivity index (χ1) is 6.88. The van der Waals surface area contributed by atoms with Crippen LogP contribution in [0.3, 0.4) is 0 Å². The highest BCUT2D eigenvalue weighted by atomic mass is 35.6. The van der Waals surface area contributed by atoms with Gasteiger partial charge >= 0.3 is 0 Å². The van der Waals surface area contributed by atoms with Crippen LogP contribution in [-0.2, 0) is 18.7 Å². The molecule has 4 nitrogen and oxygen atoms in total. The molecular formula is C6H7Cl3N2O2S2. The van der Waals surface area contributed by atoms with Gasteiger partial charge in [0.05, 0.1) is 0 Å². The summed E-state index contributed by atoms with van der Waals surface area (Å²) in [6.07, 6.45) is 1.30. The molecule has 9 heteroatoms. The minimum absolute atomic E-state index is 0.0238. The fourth-order valence-electron chi connectivity index (χ4n) is 0.948. The molecule has 1 heterocycles. The summed E-state index contributed by atoms with van der Waals surface area (Å²) < 4.78 is 20.2. The van der Waals surface area contributed by atoms with Crippen LogP contribution in [0, 0.1) is 0 Å². The second kappa shape index (κ2) is 5.14. The van der Waals surface area contributed by atoms with Gasteiger partial charge in [0.2, 0.25) is 3.79 Å². The van der Waals surface area contributed by atoms with Crippen LogP contribution < -0.4 is 0 Å². The van der Waals surface area contributed by atoms with E-state index in [1.807, 2.05) is 6.92 Å². The molecule has 0 spiro atoms. The molecular weight excluding hydrogens is 303 g/mol. The molecule has 0 radical (unpaired) electrons. The van der Waals surface area contributed by atoms with Crippen LogP contribution in [0.1, 0.15) is 19.8 Å². The predicted octanol–water partition coefficient (Wildman–Crippen LogP) is 2.29. The fraction of sp³-hybridized carbons (Fsp3) is 0.667. The van der Waals surface area contributed by atoms with E-state index in [1.54, 1.807) is 0 Å². The molecule has 0 aromatic rings. The number of rotatable bonds is 2. The lowest BCUT2D eigenvalue weighted by molar-refractivity contribution is 0.628. The highest BCUT2D eigenvalue weighted by Gasteiger charge is 2.37. The molecule has 0 saturated heterocycles. The molecule has 0 aliphatic carbocycles. The van der Waals surface area contributed by atoms with E-state index in [4.69, 9.17) is 34.8 Å². The van der Waals surface area contributed by atoms with E-state index in [0.29, 0.717) is 11.5 Å². The van der Waals surface area contributed by atoms with Crippen LogP contribution in [0.25, 0.3) is 0 Å². The normalized spacial score (nSPS) is 21.2. The van der Waals surface area contributed by atoms with Crippen molar-refractivity contribution in [2.24, 2.45) is 10.2 Å². The standard InChI is InChI=1S/C6H7Cl3N2O2S2/c1-2-3-4-10-11-5(6(7,8)9)14(4)15(12)13/h2-3H2,1H3. The molecule has 1 unspecified atom stereocenters. The summed E-state index contributed by atoms with van der Waals surface area (Å²) in [4.78, 5) is 0. The Balaban J connectivity index is 3.18. The maximum atomic E-state index is 11.0. The van der Waals surface area contributed by atoms with Crippen LogP contribution in [0.2, 0.25) is 0 Å². The van der Waals surface area contributed by atoms with Gasteiger partial charge < -0.3 is 0 Å². The van der Waals surface area contributed by atoms with Crippen LogP contribution in [0.4, 0.5) is 0 Å². The summed E-state index contributed by atoms with van der Waals surface area (Å²) in [6, 6.07) is 0. The van der Waals surface area contributed by atoms with Crippen molar-refractivity contribution in [1.29, 1.82) is 0 Å². The Morgan fingerprint density at radius 1 is 1.33 bits per heavy atom. The third-order valence-corrected chi connectivity index (χ3v) is 5.95. The third kappa shape index (κ3) is 3.17. The van der Waals surface area contributed by atoms with Gasteiger partial charge in [-0.25, -0.2) is 0 Å². The maximum absolute atomic E-state index is 11.0. The second-order valence-corrected chi connectivity index (χ2v) is 8.52. The van der Waals surface area contributed by atoms with Crippen molar-refractivity contribution in [3.05, 3.63) is 0 Å². The fourth-order valence-corrected chi connectivity index (χ4v) is 5.19. The van der Waals surface area contributed by atoms with Gasteiger partial charge in [0.15, 0.2) is 5.04 Å². The minimum Gasteiger partial charge on any atom is -0.177 e. The molecule has 86 valence electrons. The van der Waals surface area contributed by atoms with E-state index in [-0.39, 0.29) is 5.04 Å². The molecule has 1 aliphatic heterocycles. The summed E-state index contributed by atoms with van der Waals surface area (Å²) in [6.45, 7) is 1.91. The van der Waals surface area contributed by atoms with E-state index < -0.39 is 22.5 Å². The number of alkyl halides is 3. The van der Waals surface area contributed by atoms with E-state index in [1.165, 1.54) is 0 Å². The smallest absolute Gasteiger partial charge is 0.177 e. The molecule has 1 rings (SSSR count). The first-order valence-electron chi connectivity index (χ1n) is 3.93. The van der Waals surface area contributed by atoms with Crippen LogP contribution in [0.5, 0.6) is 0 Å². The number of hydrogen-bond acceptors (Lipinski definition) is 4. The van der Waals surface area contributed by atoms with Crippen molar-refractivity contribution in [1.82, 2.24) is 0 Å². The van der Waals surface area contributed by atoms with Gasteiger partial charge in [-0.3, -0.25) is 0 Å². The third-order valence-electron chi connectivity index (χ3n) is 1.48. The Morgan fingerprint density at radius 3 is 2.33 bits per heavy atom. The Labute approximate surface area is 105 Å². The molecule has 0 fully saturated rings. The van der Waals surface area contributed by atoms with Crippen molar-refractivity contribution in [3.8, 4) is 0 Å². The lowest BCUT2D eigenvalue weighted by Gasteiger charge is -2.10. The summed E-state index contributed by atoms with van der Waals surface area (Å²) in [5.41, 5.74) is 0. The highest BCUT2D eigenvalue weighted by Crippen LogP contribution is 2.32. The summed E-state index contributed by atoms with van der Waals surface area (Å²) in [5, 5.41) is 7.81. The van der Waals surface area contributed by atoms with Crippen molar-refractivity contribution in [3.63, 3.8) is 0 Å². The molecule has 0 bridgehead atoms. The van der Waals surface area contributed by atoms with E-state index in [0.717, 1.165) is 6.42 Å². The lowest BCUT2D eigenvalue weighted by atomic mass is 10.4. The van der Waals surface area contributed by atoms with Crippen LogP contribution in [0.15, 0.2) is 10.2 Å². The van der Waals surface area contributed by atoms with Crippen LogP contribution >= 0.6 is 34.8 Å². The van der Waals surface area contributed by atoms with Gasteiger partial charge in [0.25, 0.3) is 9.26 Å². The van der Waals surface area contributed by atoms with Gasteiger partial charge in [0, 0.05) is 9.45 Å². The largest absolute Gasteiger partial charge is 0.252 e. The highest BCUT2D eigenvalue weighted by molar-refractivity contribution is 8.49.